The van der Waals surface area contributed by atoms with Gasteiger partial charge in [-0.1, -0.05) is 55.0 Å². The molecular formula is C26H30N2O5. The maximum atomic E-state index is 12.4. The minimum absolute atomic E-state index is 0.0182. The molecule has 3 N–H and O–H groups in total. The van der Waals surface area contributed by atoms with E-state index in [2.05, 4.69) is 34.9 Å². The van der Waals surface area contributed by atoms with Crippen LogP contribution in [0.3, 0.4) is 0 Å². The van der Waals surface area contributed by atoms with Gasteiger partial charge in [0.15, 0.2) is 0 Å². The second kappa shape index (κ2) is 10.1. The summed E-state index contributed by atoms with van der Waals surface area (Å²) in [7, 11) is 0. The normalized spacial score (nSPS) is 19.9. The van der Waals surface area contributed by atoms with E-state index in [1.54, 1.807) is 6.92 Å². The van der Waals surface area contributed by atoms with Gasteiger partial charge < -0.3 is 20.5 Å². The monoisotopic (exact) mass is 450 g/mol. The number of rotatable bonds is 8. The van der Waals surface area contributed by atoms with E-state index in [4.69, 9.17) is 4.74 Å². The Bertz CT molecular complexity index is 991. The molecule has 1 unspecified atom stereocenters. The van der Waals surface area contributed by atoms with E-state index in [0.29, 0.717) is 13.0 Å². The molecule has 0 heterocycles. The minimum Gasteiger partial charge on any atom is -0.481 e. The molecule has 1 saturated carbocycles. The quantitative estimate of drug-likeness (QED) is 0.565. The van der Waals surface area contributed by atoms with Gasteiger partial charge in [-0.15, -0.1) is 0 Å². The van der Waals surface area contributed by atoms with Crippen molar-refractivity contribution in [3.63, 3.8) is 0 Å². The summed E-state index contributed by atoms with van der Waals surface area (Å²) < 4.78 is 5.53. The number of aliphatic carboxylic acids is 1. The lowest BCUT2D eigenvalue weighted by Crippen LogP contribution is -2.39. The van der Waals surface area contributed by atoms with Gasteiger partial charge in [0.25, 0.3) is 0 Å². The highest BCUT2D eigenvalue weighted by atomic mass is 16.5. The third-order valence-electron chi connectivity index (χ3n) is 6.74. The van der Waals surface area contributed by atoms with Crippen LogP contribution in [0.15, 0.2) is 48.5 Å². The van der Waals surface area contributed by atoms with Crippen molar-refractivity contribution in [3.8, 4) is 11.1 Å². The molecule has 0 bridgehead atoms. The molecule has 7 nitrogen and oxygen atoms in total. The largest absolute Gasteiger partial charge is 0.481 e. The zero-order valence-electron chi connectivity index (χ0n) is 18.8. The highest BCUT2D eigenvalue weighted by molar-refractivity contribution is 5.79. The molecule has 3 atom stereocenters. The first kappa shape index (κ1) is 22.8. The van der Waals surface area contributed by atoms with E-state index in [9.17, 15) is 19.5 Å². The van der Waals surface area contributed by atoms with Crippen molar-refractivity contribution in [2.45, 2.75) is 44.6 Å². The number of nitrogens with one attached hydrogen (secondary N) is 2. The zero-order chi connectivity index (χ0) is 23.4. The third-order valence-corrected chi connectivity index (χ3v) is 6.74. The van der Waals surface area contributed by atoms with Crippen LogP contribution >= 0.6 is 0 Å². The average Bonchev–Trinajstić information content (AvgIpc) is 3.39. The fraction of sp³-hybridized carbons (Fsp3) is 0.423. The second-order valence-corrected chi connectivity index (χ2v) is 9.01. The van der Waals surface area contributed by atoms with E-state index in [-0.39, 0.29) is 36.7 Å². The van der Waals surface area contributed by atoms with Crippen molar-refractivity contribution in [1.29, 1.82) is 0 Å². The molecule has 174 valence electrons. The zero-order valence-corrected chi connectivity index (χ0v) is 18.8. The number of carboxylic acids is 1. The lowest BCUT2D eigenvalue weighted by atomic mass is 9.96. The number of alkyl carbamates (subject to hydrolysis) is 1. The number of fused-ring (bicyclic) bond motifs is 3. The highest BCUT2D eigenvalue weighted by Gasteiger charge is 2.33. The first-order valence-electron chi connectivity index (χ1n) is 11.5. The topological polar surface area (TPSA) is 105 Å². The van der Waals surface area contributed by atoms with Crippen molar-refractivity contribution in [1.82, 2.24) is 10.6 Å². The third kappa shape index (κ3) is 5.18. The van der Waals surface area contributed by atoms with Crippen LogP contribution in [0.1, 0.15) is 49.7 Å². The van der Waals surface area contributed by atoms with Crippen molar-refractivity contribution >= 4 is 18.0 Å². The molecule has 2 aromatic rings. The number of carbonyl (C=O) groups excluding carboxylic acids is 2. The smallest absolute Gasteiger partial charge is 0.407 e. The molecule has 1 fully saturated rings. The summed E-state index contributed by atoms with van der Waals surface area (Å²) in [6.07, 6.45) is 1.89. The van der Waals surface area contributed by atoms with Gasteiger partial charge >= 0.3 is 12.1 Å². The van der Waals surface area contributed by atoms with Gasteiger partial charge in [0.1, 0.15) is 6.61 Å². The number of carbonyl (C=O) groups is 3. The van der Waals surface area contributed by atoms with Gasteiger partial charge in [-0.3, -0.25) is 9.59 Å². The summed E-state index contributed by atoms with van der Waals surface area (Å²) in [6.45, 7) is 2.32. The van der Waals surface area contributed by atoms with Gasteiger partial charge in [-0.25, -0.2) is 4.79 Å². The van der Waals surface area contributed by atoms with Crippen LogP contribution in [-0.4, -0.2) is 42.3 Å². The predicted molar refractivity (Wildman–Crippen MR) is 124 cm³/mol. The van der Waals surface area contributed by atoms with Gasteiger partial charge in [-0.2, -0.15) is 0 Å². The van der Waals surface area contributed by atoms with Crippen molar-refractivity contribution in [3.05, 3.63) is 59.7 Å². The Morgan fingerprint density at radius 2 is 1.67 bits per heavy atom. The van der Waals surface area contributed by atoms with Crippen LogP contribution in [0.5, 0.6) is 0 Å². The Balaban J connectivity index is 1.24. The van der Waals surface area contributed by atoms with Gasteiger partial charge in [0, 0.05) is 24.9 Å². The minimum atomic E-state index is -0.794. The summed E-state index contributed by atoms with van der Waals surface area (Å²) in [5, 5.41) is 14.8. The van der Waals surface area contributed by atoms with Crippen molar-refractivity contribution in [2.24, 2.45) is 11.8 Å². The maximum absolute atomic E-state index is 12.4. The Morgan fingerprint density at radius 3 is 2.30 bits per heavy atom. The Labute approximate surface area is 193 Å². The van der Waals surface area contributed by atoms with Crippen molar-refractivity contribution in [2.75, 3.05) is 13.2 Å². The van der Waals surface area contributed by atoms with E-state index >= 15 is 0 Å². The number of carboxylic acid groups (broad SMARTS) is 1. The Morgan fingerprint density at radius 1 is 1.03 bits per heavy atom. The number of amides is 2. The van der Waals surface area contributed by atoms with E-state index in [1.165, 1.54) is 11.1 Å². The number of ether oxygens (including phenoxy) is 1. The second-order valence-electron chi connectivity index (χ2n) is 9.01. The van der Waals surface area contributed by atoms with Gasteiger partial charge in [0.2, 0.25) is 5.91 Å². The molecule has 0 aromatic heterocycles. The van der Waals surface area contributed by atoms with Gasteiger partial charge in [0.05, 0.1) is 5.92 Å². The average molecular weight is 451 g/mol. The summed E-state index contributed by atoms with van der Waals surface area (Å²) in [5.41, 5.74) is 4.62. The van der Waals surface area contributed by atoms with Crippen LogP contribution in [-0.2, 0) is 14.3 Å². The van der Waals surface area contributed by atoms with Crippen molar-refractivity contribution < 1.29 is 24.2 Å². The standard InChI is InChI=1S/C26H30N2O5/c1-16(13-24(29)27-14-17-7-6-12-18(17)25(30)31)28-26(32)33-15-23-21-10-4-2-8-19(21)20-9-3-5-11-22(20)23/h2-5,8-11,16-18,23H,6-7,12-15H2,1H3,(H,27,29)(H,28,32)(H,30,31)/t16?,17-,18-/m1/s1. The molecule has 7 heteroatoms. The Hall–Kier alpha value is -3.35. The van der Waals surface area contributed by atoms with Crippen LogP contribution in [0.4, 0.5) is 4.79 Å². The maximum Gasteiger partial charge on any atom is 0.407 e. The summed E-state index contributed by atoms with van der Waals surface area (Å²) >= 11 is 0. The molecule has 0 radical (unpaired) electrons. The first-order chi connectivity index (χ1) is 15.9. The molecule has 2 aliphatic rings. The lowest BCUT2D eigenvalue weighted by molar-refractivity contribution is -0.143. The number of hydrogen-bond acceptors (Lipinski definition) is 4. The molecular weight excluding hydrogens is 420 g/mol. The molecule has 2 amide bonds. The molecule has 0 aliphatic heterocycles. The van der Waals surface area contributed by atoms with Crippen LogP contribution in [0.25, 0.3) is 11.1 Å². The molecule has 2 aromatic carbocycles. The fourth-order valence-corrected chi connectivity index (χ4v) is 5.09. The summed E-state index contributed by atoms with van der Waals surface area (Å²) in [5.74, 6) is -1.44. The molecule has 0 saturated heterocycles. The molecule has 4 rings (SSSR count). The van der Waals surface area contributed by atoms with Crippen LogP contribution < -0.4 is 10.6 Å². The molecule has 0 spiro atoms. The predicted octanol–water partition coefficient (Wildman–Crippen LogP) is 3.92. The van der Waals surface area contributed by atoms with Gasteiger partial charge in [-0.05, 0) is 47.9 Å². The van der Waals surface area contributed by atoms with E-state index in [0.717, 1.165) is 24.0 Å². The highest BCUT2D eigenvalue weighted by Crippen LogP contribution is 2.44. The van der Waals surface area contributed by atoms with E-state index < -0.39 is 18.1 Å². The van der Waals surface area contributed by atoms with Crippen LogP contribution in [0.2, 0.25) is 0 Å². The number of benzene rings is 2. The number of hydrogen-bond donors (Lipinski definition) is 3. The molecule has 2 aliphatic carbocycles. The summed E-state index contributed by atoms with van der Waals surface area (Å²) in [6, 6.07) is 15.9. The Kier molecular flexibility index (Phi) is 6.96. The lowest BCUT2D eigenvalue weighted by Gasteiger charge is -2.19. The SMILES string of the molecule is CC(CC(=O)NC[C@H]1CCC[C@H]1C(=O)O)NC(=O)OCC1c2ccccc2-c2ccccc21. The van der Waals surface area contributed by atoms with E-state index in [1.807, 2.05) is 24.3 Å². The summed E-state index contributed by atoms with van der Waals surface area (Å²) in [4.78, 5) is 35.9. The first-order valence-corrected chi connectivity index (χ1v) is 11.5. The molecule has 33 heavy (non-hydrogen) atoms. The fourth-order valence-electron chi connectivity index (χ4n) is 5.09. The van der Waals surface area contributed by atoms with Crippen LogP contribution in [0, 0.1) is 11.8 Å².